The zero-order chi connectivity index (χ0) is 19.2. The van der Waals surface area contributed by atoms with E-state index in [1.807, 2.05) is 60.3 Å². The van der Waals surface area contributed by atoms with Crippen molar-refractivity contribution in [1.82, 2.24) is 9.99 Å². The summed E-state index contributed by atoms with van der Waals surface area (Å²) in [6.07, 6.45) is 5.49. The molecule has 1 aromatic heterocycles. The highest BCUT2D eigenvalue weighted by atomic mass is 16.5. The van der Waals surface area contributed by atoms with Crippen molar-refractivity contribution in [2.24, 2.45) is 5.10 Å². The van der Waals surface area contributed by atoms with E-state index in [4.69, 9.17) is 9.47 Å². The SMILES string of the molecule is COc1cc(C)c(/C=N/NC(=O)c2ccc(-n3cccc3)cc2)cc1OC. The van der Waals surface area contributed by atoms with Crippen molar-refractivity contribution in [2.45, 2.75) is 6.92 Å². The standard InChI is InChI=1S/C21H21N3O3/c1-15-12-19(26-2)20(27-3)13-17(15)14-22-23-21(25)16-6-8-18(9-7-16)24-10-4-5-11-24/h4-14H,1-3H3,(H,23,25)/b22-14+. The van der Waals surface area contributed by atoms with Gasteiger partial charge in [0.05, 0.1) is 20.4 Å². The summed E-state index contributed by atoms with van der Waals surface area (Å²) in [6, 6.07) is 14.9. The number of amides is 1. The zero-order valence-electron chi connectivity index (χ0n) is 15.5. The predicted octanol–water partition coefficient (Wildman–Crippen LogP) is 3.57. The number of rotatable bonds is 6. The zero-order valence-corrected chi connectivity index (χ0v) is 15.5. The Balaban J connectivity index is 1.68. The van der Waals surface area contributed by atoms with Crippen LogP contribution in [0.2, 0.25) is 0 Å². The van der Waals surface area contributed by atoms with E-state index < -0.39 is 0 Å². The number of benzene rings is 2. The van der Waals surface area contributed by atoms with Crippen LogP contribution in [0.3, 0.4) is 0 Å². The number of aromatic nitrogens is 1. The smallest absolute Gasteiger partial charge is 0.271 e. The van der Waals surface area contributed by atoms with Crippen LogP contribution in [-0.2, 0) is 0 Å². The fourth-order valence-electron chi connectivity index (χ4n) is 2.65. The van der Waals surface area contributed by atoms with E-state index in [-0.39, 0.29) is 5.91 Å². The van der Waals surface area contributed by atoms with Crippen LogP contribution in [0, 0.1) is 6.92 Å². The Morgan fingerprint density at radius 3 is 2.30 bits per heavy atom. The van der Waals surface area contributed by atoms with Gasteiger partial charge in [0.2, 0.25) is 0 Å². The molecule has 2 aromatic carbocycles. The lowest BCUT2D eigenvalue weighted by Gasteiger charge is -2.10. The highest BCUT2D eigenvalue weighted by Crippen LogP contribution is 2.29. The maximum Gasteiger partial charge on any atom is 0.271 e. The van der Waals surface area contributed by atoms with Gasteiger partial charge in [0.25, 0.3) is 5.91 Å². The Hall–Kier alpha value is -3.54. The molecule has 0 radical (unpaired) electrons. The average Bonchev–Trinajstić information content (AvgIpc) is 3.23. The van der Waals surface area contributed by atoms with Gasteiger partial charge >= 0.3 is 0 Å². The summed E-state index contributed by atoms with van der Waals surface area (Å²) in [7, 11) is 3.17. The minimum absolute atomic E-state index is 0.275. The van der Waals surface area contributed by atoms with E-state index in [9.17, 15) is 4.79 Å². The predicted molar refractivity (Wildman–Crippen MR) is 105 cm³/mol. The molecule has 3 aromatic rings. The van der Waals surface area contributed by atoms with Crippen LogP contribution >= 0.6 is 0 Å². The minimum Gasteiger partial charge on any atom is -0.493 e. The fraction of sp³-hybridized carbons (Fsp3) is 0.143. The molecule has 0 aliphatic heterocycles. The quantitative estimate of drug-likeness (QED) is 0.538. The molecule has 3 rings (SSSR count). The van der Waals surface area contributed by atoms with Crippen LogP contribution in [-0.4, -0.2) is 30.9 Å². The molecule has 1 amide bonds. The van der Waals surface area contributed by atoms with Gasteiger partial charge in [-0.2, -0.15) is 5.10 Å². The fourth-order valence-corrected chi connectivity index (χ4v) is 2.65. The van der Waals surface area contributed by atoms with Crippen LogP contribution in [0.5, 0.6) is 11.5 Å². The number of ether oxygens (including phenoxy) is 2. The van der Waals surface area contributed by atoms with E-state index in [1.165, 1.54) is 0 Å². The molecule has 1 N–H and O–H groups in total. The van der Waals surface area contributed by atoms with Gasteiger partial charge in [-0.15, -0.1) is 0 Å². The van der Waals surface area contributed by atoms with Crippen LogP contribution in [0.4, 0.5) is 0 Å². The van der Waals surface area contributed by atoms with Crippen LogP contribution in [0.15, 0.2) is 66.0 Å². The van der Waals surface area contributed by atoms with E-state index in [1.54, 1.807) is 32.6 Å². The van der Waals surface area contributed by atoms with Crippen LogP contribution in [0.25, 0.3) is 5.69 Å². The minimum atomic E-state index is -0.275. The second-order valence-corrected chi connectivity index (χ2v) is 5.90. The monoisotopic (exact) mass is 363 g/mol. The Morgan fingerprint density at radius 2 is 1.67 bits per heavy atom. The molecule has 0 atom stereocenters. The van der Waals surface area contributed by atoms with E-state index in [0.29, 0.717) is 17.1 Å². The molecule has 1 heterocycles. The molecule has 0 fully saturated rings. The van der Waals surface area contributed by atoms with Gasteiger partial charge < -0.3 is 14.0 Å². The maximum absolute atomic E-state index is 12.3. The topological polar surface area (TPSA) is 64.8 Å². The number of carbonyl (C=O) groups excluding carboxylic acids is 1. The highest BCUT2D eigenvalue weighted by Gasteiger charge is 2.08. The first-order valence-electron chi connectivity index (χ1n) is 8.42. The number of hydrogen-bond donors (Lipinski definition) is 1. The van der Waals surface area contributed by atoms with Gasteiger partial charge in [0.1, 0.15) is 0 Å². The third kappa shape index (κ3) is 4.17. The summed E-state index contributed by atoms with van der Waals surface area (Å²) in [5.41, 5.74) is 5.86. The lowest BCUT2D eigenvalue weighted by molar-refractivity contribution is 0.0955. The molecule has 0 aliphatic rings. The summed E-state index contributed by atoms with van der Waals surface area (Å²) < 4.78 is 12.5. The van der Waals surface area contributed by atoms with E-state index >= 15 is 0 Å². The molecule has 138 valence electrons. The van der Waals surface area contributed by atoms with Gasteiger partial charge in [-0.25, -0.2) is 5.43 Å². The largest absolute Gasteiger partial charge is 0.493 e. The van der Waals surface area contributed by atoms with Crippen molar-refractivity contribution in [2.75, 3.05) is 14.2 Å². The highest BCUT2D eigenvalue weighted by molar-refractivity contribution is 5.95. The molecular formula is C21H21N3O3. The normalized spacial score (nSPS) is 10.8. The molecular weight excluding hydrogens is 342 g/mol. The number of methoxy groups -OCH3 is 2. The maximum atomic E-state index is 12.3. The molecule has 6 nitrogen and oxygen atoms in total. The van der Waals surface area contributed by atoms with Gasteiger partial charge in [0, 0.05) is 29.2 Å². The van der Waals surface area contributed by atoms with Crippen molar-refractivity contribution >= 4 is 12.1 Å². The number of nitrogens with zero attached hydrogens (tertiary/aromatic N) is 2. The lowest BCUT2D eigenvalue weighted by atomic mass is 10.1. The average molecular weight is 363 g/mol. The van der Waals surface area contributed by atoms with Crippen molar-refractivity contribution in [3.05, 3.63) is 77.6 Å². The first kappa shape index (κ1) is 18.3. The number of hydrogen-bond acceptors (Lipinski definition) is 4. The molecule has 27 heavy (non-hydrogen) atoms. The number of nitrogens with one attached hydrogen (secondary N) is 1. The van der Waals surface area contributed by atoms with Crippen molar-refractivity contribution in [1.29, 1.82) is 0 Å². The van der Waals surface area contributed by atoms with Crippen molar-refractivity contribution in [3.63, 3.8) is 0 Å². The molecule has 0 saturated carbocycles. The lowest BCUT2D eigenvalue weighted by Crippen LogP contribution is -2.17. The van der Waals surface area contributed by atoms with Gasteiger partial charge in [0.15, 0.2) is 11.5 Å². The second kappa shape index (κ2) is 8.23. The molecule has 0 bridgehead atoms. The molecule has 0 spiro atoms. The number of aryl methyl sites for hydroxylation is 1. The Bertz CT molecular complexity index is 946. The third-order valence-electron chi connectivity index (χ3n) is 4.17. The summed E-state index contributed by atoms with van der Waals surface area (Å²) in [5.74, 6) is 0.985. The Kier molecular flexibility index (Phi) is 5.56. The molecule has 6 heteroatoms. The molecule has 0 saturated heterocycles. The number of hydrazone groups is 1. The second-order valence-electron chi connectivity index (χ2n) is 5.90. The van der Waals surface area contributed by atoms with Gasteiger partial charge in [-0.05, 0) is 61.0 Å². The first-order chi connectivity index (χ1) is 13.1. The Morgan fingerprint density at radius 1 is 1.04 bits per heavy atom. The summed E-state index contributed by atoms with van der Waals surface area (Å²) in [6.45, 7) is 1.94. The first-order valence-corrected chi connectivity index (χ1v) is 8.42. The molecule has 0 aliphatic carbocycles. The number of carbonyl (C=O) groups is 1. The van der Waals surface area contributed by atoms with Crippen LogP contribution < -0.4 is 14.9 Å². The molecule has 0 unspecified atom stereocenters. The van der Waals surface area contributed by atoms with E-state index in [2.05, 4.69) is 10.5 Å². The third-order valence-corrected chi connectivity index (χ3v) is 4.17. The van der Waals surface area contributed by atoms with Crippen molar-refractivity contribution in [3.8, 4) is 17.2 Å². The summed E-state index contributed by atoms with van der Waals surface area (Å²) in [4.78, 5) is 12.3. The Labute approximate surface area is 158 Å². The van der Waals surface area contributed by atoms with Crippen LogP contribution in [0.1, 0.15) is 21.5 Å². The summed E-state index contributed by atoms with van der Waals surface area (Å²) >= 11 is 0. The van der Waals surface area contributed by atoms with Crippen molar-refractivity contribution < 1.29 is 14.3 Å². The van der Waals surface area contributed by atoms with Gasteiger partial charge in [-0.1, -0.05) is 0 Å². The van der Waals surface area contributed by atoms with Gasteiger partial charge in [-0.3, -0.25) is 4.79 Å². The van der Waals surface area contributed by atoms with E-state index in [0.717, 1.165) is 16.8 Å². The summed E-state index contributed by atoms with van der Waals surface area (Å²) in [5, 5.41) is 4.06.